The van der Waals surface area contributed by atoms with Crippen LogP contribution in [0.1, 0.15) is 122 Å². The van der Waals surface area contributed by atoms with Crippen molar-refractivity contribution in [2.75, 3.05) is 0 Å². The van der Waals surface area contributed by atoms with Crippen molar-refractivity contribution in [3.05, 3.63) is 36.5 Å². The van der Waals surface area contributed by atoms with Gasteiger partial charge in [-0.2, -0.15) is 0 Å². The van der Waals surface area contributed by atoms with Crippen LogP contribution in [0, 0.1) is 0 Å². The number of hydrogen-bond acceptors (Lipinski definition) is 0. The van der Waals surface area contributed by atoms with Crippen molar-refractivity contribution in [3.8, 4) is 0 Å². The highest BCUT2D eigenvalue weighted by Gasteiger charge is 1.95. The van der Waals surface area contributed by atoms with Gasteiger partial charge in [0.2, 0.25) is 0 Å². The minimum Gasteiger partial charge on any atom is -0.0845 e. The first-order chi connectivity index (χ1) is 12.5. The average Bonchev–Trinajstić information content (AvgIpc) is 2.62. The first kappa shape index (κ1) is 22.3. The van der Waals surface area contributed by atoms with Crippen LogP contribution in [0.3, 0.4) is 0 Å². The van der Waals surface area contributed by atoms with E-state index in [1.165, 1.54) is 122 Å². The highest BCUT2D eigenvalue weighted by atomic mass is 14.0. The van der Waals surface area contributed by atoms with Crippen molar-refractivity contribution in [2.45, 2.75) is 122 Å². The Morgan fingerprint density at radius 3 is 0.760 bits per heavy atom. The van der Waals surface area contributed by atoms with Crippen LogP contribution < -0.4 is 0 Å². The number of rotatable bonds is 0. The second-order valence-corrected chi connectivity index (χ2v) is 7.83. The van der Waals surface area contributed by atoms with Gasteiger partial charge in [0.25, 0.3) is 0 Å². The standard InChI is InChI=1S/C25H44/c1-2-4-6-8-10-12-14-16-18-20-22-24-25-23-21-19-17-15-13-11-9-7-5-3-1/h1-6H,7-25H2/b2-1-,5-3-,6-4?. The molecule has 0 spiro atoms. The quantitative estimate of drug-likeness (QED) is 0.411. The van der Waals surface area contributed by atoms with Crippen molar-refractivity contribution in [1.82, 2.24) is 0 Å². The zero-order valence-electron chi connectivity index (χ0n) is 16.9. The lowest BCUT2D eigenvalue weighted by Gasteiger charge is -2.03. The summed E-state index contributed by atoms with van der Waals surface area (Å²) < 4.78 is 0. The fourth-order valence-electron chi connectivity index (χ4n) is 3.65. The second-order valence-electron chi connectivity index (χ2n) is 7.83. The summed E-state index contributed by atoms with van der Waals surface area (Å²) in [6, 6.07) is 0. The molecule has 0 bridgehead atoms. The second kappa shape index (κ2) is 19.5. The van der Waals surface area contributed by atoms with Gasteiger partial charge in [0.15, 0.2) is 0 Å². The summed E-state index contributed by atoms with van der Waals surface area (Å²) in [5, 5.41) is 0. The summed E-state index contributed by atoms with van der Waals surface area (Å²) >= 11 is 0. The minimum absolute atomic E-state index is 1.24. The molecule has 0 saturated carbocycles. The average molecular weight is 345 g/mol. The fourth-order valence-corrected chi connectivity index (χ4v) is 3.65. The maximum Gasteiger partial charge on any atom is -0.0348 e. The van der Waals surface area contributed by atoms with Gasteiger partial charge in [-0.3, -0.25) is 0 Å². The first-order valence-corrected chi connectivity index (χ1v) is 11.5. The maximum atomic E-state index is 2.33. The van der Waals surface area contributed by atoms with Gasteiger partial charge in [0.05, 0.1) is 0 Å². The SMILES string of the molecule is C1=CCCCCCCCCCCCCCCCCCCC/C=C\C=C/1. The van der Waals surface area contributed by atoms with Gasteiger partial charge < -0.3 is 0 Å². The largest absolute Gasteiger partial charge is 0.0845 e. The van der Waals surface area contributed by atoms with Gasteiger partial charge in [-0.15, -0.1) is 0 Å². The van der Waals surface area contributed by atoms with E-state index in [-0.39, 0.29) is 0 Å². The molecule has 0 aliphatic heterocycles. The third-order valence-corrected chi connectivity index (χ3v) is 5.35. The maximum absolute atomic E-state index is 2.33. The van der Waals surface area contributed by atoms with Crippen molar-refractivity contribution in [1.29, 1.82) is 0 Å². The van der Waals surface area contributed by atoms with Crippen LogP contribution in [0.25, 0.3) is 0 Å². The predicted octanol–water partition coefficient (Wildman–Crippen LogP) is 9.08. The van der Waals surface area contributed by atoms with E-state index < -0.39 is 0 Å². The molecule has 0 radical (unpaired) electrons. The van der Waals surface area contributed by atoms with Crippen LogP contribution in [0.15, 0.2) is 36.5 Å². The Hall–Kier alpha value is -0.780. The smallest absolute Gasteiger partial charge is 0.0348 e. The molecule has 0 aromatic heterocycles. The Bertz CT molecular complexity index is 302. The monoisotopic (exact) mass is 344 g/mol. The summed E-state index contributed by atoms with van der Waals surface area (Å²) in [5.41, 5.74) is 0. The normalized spacial score (nSPS) is 24.6. The highest BCUT2D eigenvalue weighted by molar-refractivity contribution is 5.10. The van der Waals surface area contributed by atoms with Crippen molar-refractivity contribution >= 4 is 0 Å². The van der Waals surface area contributed by atoms with Crippen LogP contribution in [0.5, 0.6) is 0 Å². The van der Waals surface area contributed by atoms with Crippen LogP contribution in [0.2, 0.25) is 0 Å². The Morgan fingerprint density at radius 1 is 0.240 bits per heavy atom. The molecule has 0 fully saturated rings. The molecule has 1 rings (SSSR count). The summed E-state index contributed by atoms with van der Waals surface area (Å²) in [7, 11) is 0. The van der Waals surface area contributed by atoms with Gasteiger partial charge >= 0.3 is 0 Å². The zero-order chi connectivity index (χ0) is 17.7. The van der Waals surface area contributed by atoms with Gasteiger partial charge in [-0.25, -0.2) is 0 Å². The van der Waals surface area contributed by atoms with E-state index in [2.05, 4.69) is 36.5 Å². The minimum atomic E-state index is 1.24. The third kappa shape index (κ3) is 17.8. The lowest BCUT2D eigenvalue weighted by Crippen LogP contribution is -1.84. The van der Waals surface area contributed by atoms with Crippen LogP contribution in [-0.2, 0) is 0 Å². The van der Waals surface area contributed by atoms with Crippen LogP contribution in [0.4, 0.5) is 0 Å². The molecule has 0 atom stereocenters. The van der Waals surface area contributed by atoms with E-state index in [0.717, 1.165) is 0 Å². The Balaban J connectivity index is 2.14. The number of allylic oxidation sites excluding steroid dienone is 6. The molecule has 0 amide bonds. The summed E-state index contributed by atoms with van der Waals surface area (Å²) in [6.45, 7) is 0. The van der Waals surface area contributed by atoms with E-state index in [4.69, 9.17) is 0 Å². The Kier molecular flexibility index (Phi) is 17.4. The van der Waals surface area contributed by atoms with Crippen molar-refractivity contribution in [2.24, 2.45) is 0 Å². The Labute approximate surface area is 158 Å². The number of hydrogen-bond donors (Lipinski definition) is 0. The lowest BCUT2D eigenvalue weighted by molar-refractivity contribution is 0.526. The zero-order valence-corrected chi connectivity index (χ0v) is 16.9. The topological polar surface area (TPSA) is 0 Å². The van der Waals surface area contributed by atoms with E-state index in [9.17, 15) is 0 Å². The fraction of sp³-hybridized carbons (Fsp3) is 0.760. The van der Waals surface area contributed by atoms with E-state index in [1.807, 2.05) is 0 Å². The van der Waals surface area contributed by atoms with E-state index in [1.54, 1.807) is 0 Å². The molecule has 1 aliphatic rings. The van der Waals surface area contributed by atoms with E-state index >= 15 is 0 Å². The van der Waals surface area contributed by atoms with Gasteiger partial charge in [0.1, 0.15) is 0 Å². The molecule has 0 heteroatoms. The molecular weight excluding hydrogens is 300 g/mol. The lowest BCUT2D eigenvalue weighted by atomic mass is 10.0. The van der Waals surface area contributed by atoms with E-state index in [0.29, 0.717) is 0 Å². The van der Waals surface area contributed by atoms with Crippen LogP contribution >= 0.6 is 0 Å². The predicted molar refractivity (Wildman–Crippen MR) is 115 cm³/mol. The molecule has 25 heavy (non-hydrogen) atoms. The molecule has 0 heterocycles. The molecule has 0 saturated heterocycles. The van der Waals surface area contributed by atoms with Gasteiger partial charge in [0, 0.05) is 0 Å². The van der Waals surface area contributed by atoms with Crippen molar-refractivity contribution < 1.29 is 0 Å². The van der Waals surface area contributed by atoms with Crippen molar-refractivity contribution in [3.63, 3.8) is 0 Å². The molecule has 1 aliphatic carbocycles. The van der Waals surface area contributed by atoms with Crippen LogP contribution in [-0.4, -0.2) is 0 Å². The highest BCUT2D eigenvalue weighted by Crippen LogP contribution is 2.14. The molecule has 0 N–H and O–H groups in total. The molecule has 0 unspecified atom stereocenters. The molecule has 144 valence electrons. The summed E-state index contributed by atoms with van der Waals surface area (Å²) in [6.07, 6.45) is 40.5. The molecule has 0 aromatic rings. The Morgan fingerprint density at radius 2 is 0.480 bits per heavy atom. The third-order valence-electron chi connectivity index (χ3n) is 5.35. The summed E-state index contributed by atoms with van der Waals surface area (Å²) in [5.74, 6) is 0. The first-order valence-electron chi connectivity index (χ1n) is 11.5. The van der Waals surface area contributed by atoms with Gasteiger partial charge in [-0.1, -0.05) is 133 Å². The molecular formula is C25H44. The molecule has 0 nitrogen and oxygen atoms in total. The summed E-state index contributed by atoms with van der Waals surface area (Å²) in [4.78, 5) is 0. The molecule has 0 aromatic carbocycles. The van der Waals surface area contributed by atoms with Gasteiger partial charge in [-0.05, 0) is 25.7 Å².